The van der Waals surface area contributed by atoms with Crippen LogP contribution in [0.3, 0.4) is 0 Å². The second-order valence-electron chi connectivity index (χ2n) is 9.98. The molecule has 0 spiro atoms. The second-order valence-corrected chi connectivity index (χ2v) is 20.9. The molecule has 0 N–H and O–H groups in total. The van der Waals surface area contributed by atoms with Crippen LogP contribution in [0.4, 0.5) is 0 Å². The molecule has 3 nitrogen and oxygen atoms in total. The van der Waals surface area contributed by atoms with Crippen LogP contribution in [0.5, 0.6) is 0 Å². The molecule has 3 aromatic carbocycles. The second kappa shape index (κ2) is 9.18. The van der Waals surface area contributed by atoms with Gasteiger partial charge in [0.05, 0.1) is 0 Å². The first kappa shape index (κ1) is 23.1. The van der Waals surface area contributed by atoms with Crippen LogP contribution in [0.25, 0.3) is 44.1 Å². The fourth-order valence-corrected chi connectivity index (χ4v) is 13.9. The van der Waals surface area contributed by atoms with Crippen LogP contribution in [0.2, 0.25) is 15.8 Å². The summed E-state index contributed by atoms with van der Waals surface area (Å²) >= 11 is -2.24. The summed E-state index contributed by atoms with van der Waals surface area (Å²) in [5, 5.41) is 7.68. The van der Waals surface area contributed by atoms with Crippen molar-refractivity contribution in [2.45, 2.75) is 56.8 Å². The van der Waals surface area contributed by atoms with E-state index in [0.29, 0.717) is 5.92 Å². The van der Waals surface area contributed by atoms with Gasteiger partial charge in [0, 0.05) is 0 Å². The molecule has 4 heteroatoms. The topological polar surface area (TPSA) is 38.9 Å². The molecular formula is C30H34GeN2O. The van der Waals surface area contributed by atoms with Gasteiger partial charge in [0.25, 0.3) is 0 Å². The number of nitrogens with zero attached hydrogens (tertiary/aromatic N) is 2. The first-order valence-corrected chi connectivity index (χ1v) is 18.2. The minimum absolute atomic E-state index is 0.560. The van der Waals surface area contributed by atoms with Gasteiger partial charge in [-0.1, -0.05) is 0 Å². The number of benzene rings is 3. The van der Waals surface area contributed by atoms with Crippen LogP contribution in [-0.4, -0.2) is 23.2 Å². The van der Waals surface area contributed by atoms with E-state index in [4.69, 9.17) is 9.40 Å². The predicted octanol–water partition coefficient (Wildman–Crippen LogP) is 8.11. The standard InChI is InChI=1S/C30H34GeN2O/c1-6-31(7-2,8-3)26-18-23(17-21-12-9-10-14-24(21)26)27-30-28(33-19-32-27)25-15-11-13-22(16-20(4)5)29(25)34-30/h9-15,17-20H,6-8,16H2,1-5H3. The van der Waals surface area contributed by atoms with E-state index < -0.39 is 13.3 Å². The molecule has 5 rings (SSSR count). The van der Waals surface area contributed by atoms with Gasteiger partial charge in [0.15, 0.2) is 0 Å². The monoisotopic (exact) mass is 512 g/mol. The number of hydrogen-bond acceptors (Lipinski definition) is 3. The van der Waals surface area contributed by atoms with Gasteiger partial charge < -0.3 is 0 Å². The molecule has 5 aromatic rings. The fourth-order valence-electron chi connectivity index (χ4n) is 5.67. The normalized spacial score (nSPS) is 12.4. The van der Waals surface area contributed by atoms with Crippen LogP contribution >= 0.6 is 0 Å². The molecule has 174 valence electrons. The van der Waals surface area contributed by atoms with Crippen LogP contribution in [-0.2, 0) is 6.42 Å². The average molecular weight is 511 g/mol. The van der Waals surface area contributed by atoms with Gasteiger partial charge >= 0.3 is 205 Å². The number of rotatable bonds is 7. The summed E-state index contributed by atoms with van der Waals surface area (Å²) in [6.45, 7) is 11.7. The minimum atomic E-state index is -2.24. The van der Waals surface area contributed by atoms with Gasteiger partial charge in [-0.2, -0.15) is 0 Å². The maximum atomic E-state index is 6.58. The first-order chi connectivity index (χ1) is 16.5. The van der Waals surface area contributed by atoms with E-state index in [1.165, 1.54) is 32.1 Å². The van der Waals surface area contributed by atoms with Crippen molar-refractivity contribution in [1.29, 1.82) is 0 Å². The molecule has 0 bridgehead atoms. The Bertz CT molecular complexity index is 1470. The van der Waals surface area contributed by atoms with Crippen LogP contribution < -0.4 is 4.40 Å². The van der Waals surface area contributed by atoms with Crippen molar-refractivity contribution in [3.8, 4) is 11.3 Å². The number of hydrogen-bond donors (Lipinski definition) is 0. The van der Waals surface area contributed by atoms with E-state index in [0.717, 1.165) is 39.7 Å². The van der Waals surface area contributed by atoms with Crippen molar-refractivity contribution in [2.24, 2.45) is 5.92 Å². The Kier molecular flexibility index (Phi) is 6.24. The first-order valence-electron chi connectivity index (χ1n) is 12.7. The van der Waals surface area contributed by atoms with Gasteiger partial charge in [0.2, 0.25) is 0 Å². The third-order valence-corrected chi connectivity index (χ3v) is 19.5. The Hall–Kier alpha value is -2.66. The van der Waals surface area contributed by atoms with E-state index in [1.54, 1.807) is 10.7 Å². The van der Waals surface area contributed by atoms with E-state index in [2.05, 4.69) is 94.2 Å². The van der Waals surface area contributed by atoms with Crippen molar-refractivity contribution < 1.29 is 4.42 Å². The Morgan fingerprint density at radius 1 is 0.824 bits per heavy atom. The molecule has 0 radical (unpaired) electrons. The molecule has 0 saturated heterocycles. The van der Waals surface area contributed by atoms with Gasteiger partial charge in [-0.25, -0.2) is 0 Å². The Morgan fingerprint density at radius 2 is 1.56 bits per heavy atom. The Labute approximate surface area is 205 Å². The zero-order valence-electron chi connectivity index (χ0n) is 21.0. The van der Waals surface area contributed by atoms with Gasteiger partial charge in [-0.15, -0.1) is 0 Å². The summed E-state index contributed by atoms with van der Waals surface area (Å²) in [5.41, 5.74) is 5.97. The van der Waals surface area contributed by atoms with Crippen molar-refractivity contribution in [3.63, 3.8) is 0 Å². The summed E-state index contributed by atoms with van der Waals surface area (Å²) in [6, 6.07) is 20.0. The molecule has 0 fully saturated rings. The van der Waals surface area contributed by atoms with E-state index in [9.17, 15) is 0 Å². The van der Waals surface area contributed by atoms with E-state index in [-0.39, 0.29) is 0 Å². The molecule has 0 saturated carbocycles. The third kappa shape index (κ3) is 3.74. The van der Waals surface area contributed by atoms with Gasteiger partial charge in [-0.05, 0) is 0 Å². The maximum absolute atomic E-state index is 6.58. The predicted molar refractivity (Wildman–Crippen MR) is 148 cm³/mol. The third-order valence-electron chi connectivity index (χ3n) is 7.72. The Balaban J connectivity index is 1.80. The van der Waals surface area contributed by atoms with Gasteiger partial charge in [0.1, 0.15) is 0 Å². The summed E-state index contributed by atoms with van der Waals surface area (Å²) in [4.78, 5) is 9.45. The Morgan fingerprint density at radius 3 is 2.29 bits per heavy atom. The van der Waals surface area contributed by atoms with Crippen LogP contribution in [0.15, 0.2) is 65.3 Å². The summed E-state index contributed by atoms with van der Waals surface area (Å²) in [6.07, 6.45) is 2.68. The zero-order chi connectivity index (χ0) is 23.9. The summed E-state index contributed by atoms with van der Waals surface area (Å²) in [7, 11) is 0. The molecule has 0 amide bonds. The molecule has 0 aliphatic rings. The molecule has 2 aromatic heterocycles. The fraction of sp³-hybridized carbons (Fsp3) is 0.333. The molecule has 34 heavy (non-hydrogen) atoms. The summed E-state index contributed by atoms with van der Waals surface area (Å²) in [5.74, 6) is 0.560. The molecule has 0 aliphatic carbocycles. The van der Waals surface area contributed by atoms with Crippen LogP contribution in [0.1, 0.15) is 40.2 Å². The number of fused-ring (bicyclic) bond motifs is 4. The van der Waals surface area contributed by atoms with E-state index >= 15 is 0 Å². The van der Waals surface area contributed by atoms with Gasteiger partial charge in [-0.3, -0.25) is 0 Å². The number of aromatic nitrogens is 2. The van der Waals surface area contributed by atoms with Crippen molar-refractivity contribution in [1.82, 2.24) is 9.97 Å². The van der Waals surface area contributed by atoms with E-state index in [1.807, 2.05) is 0 Å². The quantitative estimate of drug-likeness (QED) is 0.207. The van der Waals surface area contributed by atoms with Crippen molar-refractivity contribution in [3.05, 3.63) is 66.5 Å². The zero-order valence-corrected chi connectivity index (χ0v) is 23.1. The average Bonchev–Trinajstić information content (AvgIpc) is 3.25. The summed E-state index contributed by atoms with van der Waals surface area (Å²) < 4.78 is 8.18. The number of para-hydroxylation sites is 1. The SMILES string of the molecule is C[CH2][Ge]([CH2]C)([CH2]C)[c]1cc(-c2ncnc3c2oc2c(CC(C)C)cccc23)cc2ccccc12. The molecule has 0 unspecified atom stereocenters. The molecule has 2 heterocycles. The molecular weight excluding hydrogens is 477 g/mol. The molecule has 0 aliphatic heterocycles. The van der Waals surface area contributed by atoms with Crippen molar-refractivity contribution in [2.75, 3.05) is 0 Å². The van der Waals surface area contributed by atoms with Crippen molar-refractivity contribution >= 4 is 50.5 Å². The molecule has 0 atom stereocenters. The number of furan rings is 1. The van der Waals surface area contributed by atoms with Crippen LogP contribution in [0, 0.1) is 5.92 Å².